The largest absolute Gasteiger partial charge is 0.481 e. The number of nitrogens with zero attached hydrogens (tertiary/aromatic N) is 1. The normalized spacial score (nSPS) is 21.0. The Kier molecular flexibility index (Phi) is 5.53. The van der Waals surface area contributed by atoms with Gasteiger partial charge in [0.1, 0.15) is 0 Å². The number of aliphatic carboxylic acids is 1. The van der Waals surface area contributed by atoms with E-state index in [0.717, 1.165) is 5.56 Å². The monoisotopic (exact) mass is 317 g/mol. The molecule has 2 atom stereocenters. The third-order valence-corrected chi connectivity index (χ3v) is 4.51. The average Bonchev–Trinajstić information content (AvgIpc) is 2.52. The predicted octanol–water partition coefficient (Wildman–Crippen LogP) is 2.53. The molecule has 1 aliphatic heterocycles. The zero-order valence-corrected chi connectivity index (χ0v) is 13.6. The summed E-state index contributed by atoms with van der Waals surface area (Å²) < 4.78 is 0. The molecular formula is C18H23NO4. The maximum atomic E-state index is 12.2. The van der Waals surface area contributed by atoms with Crippen molar-refractivity contribution < 1.29 is 19.5 Å². The van der Waals surface area contributed by atoms with Gasteiger partial charge in [0.25, 0.3) is 0 Å². The van der Waals surface area contributed by atoms with Gasteiger partial charge in [-0.15, -0.1) is 0 Å². The molecule has 1 amide bonds. The molecule has 0 spiro atoms. The number of carbonyl (C=O) groups is 3. The van der Waals surface area contributed by atoms with Crippen molar-refractivity contribution >= 4 is 17.7 Å². The molecule has 0 saturated carbocycles. The van der Waals surface area contributed by atoms with Crippen molar-refractivity contribution in [2.45, 2.75) is 33.1 Å². The summed E-state index contributed by atoms with van der Waals surface area (Å²) in [7, 11) is 0. The van der Waals surface area contributed by atoms with Crippen molar-refractivity contribution in [2.24, 2.45) is 11.8 Å². The molecule has 2 unspecified atom stereocenters. The maximum Gasteiger partial charge on any atom is 0.306 e. The standard InChI is InChI=1S/C18H23NO4/c1-12-3-5-14(6-4-12)16(20)7-8-17(21)19-10-9-15(18(22)23)13(2)11-19/h3-6,13,15H,7-11H2,1-2H3,(H,22,23). The quantitative estimate of drug-likeness (QED) is 0.847. The van der Waals surface area contributed by atoms with Crippen LogP contribution in [-0.2, 0) is 9.59 Å². The lowest BCUT2D eigenvalue weighted by atomic mass is 9.87. The Labute approximate surface area is 136 Å². The van der Waals surface area contributed by atoms with E-state index in [0.29, 0.717) is 25.1 Å². The van der Waals surface area contributed by atoms with Crippen LogP contribution in [0.5, 0.6) is 0 Å². The van der Waals surface area contributed by atoms with Crippen LogP contribution >= 0.6 is 0 Å². The number of hydrogen-bond acceptors (Lipinski definition) is 3. The highest BCUT2D eigenvalue weighted by Crippen LogP contribution is 2.24. The number of aryl methyl sites for hydroxylation is 1. The first-order chi connectivity index (χ1) is 10.9. The van der Waals surface area contributed by atoms with Crippen molar-refractivity contribution in [1.29, 1.82) is 0 Å². The number of benzene rings is 1. The first-order valence-corrected chi connectivity index (χ1v) is 7.99. The number of piperidine rings is 1. The van der Waals surface area contributed by atoms with Crippen LogP contribution in [0.15, 0.2) is 24.3 Å². The Balaban J connectivity index is 1.84. The molecule has 1 aromatic carbocycles. The number of amides is 1. The number of carboxylic acid groups (broad SMARTS) is 1. The van der Waals surface area contributed by atoms with Gasteiger partial charge in [0.2, 0.25) is 5.91 Å². The van der Waals surface area contributed by atoms with Gasteiger partial charge in [0.15, 0.2) is 5.78 Å². The summed E-state index contributed by atoms with van der Waals surface area (Å²) >= 11 is 0. The minimum absolute atomic E-state index is 0.0354. The van der Waals surface area contributed by atoms with E-state index < -0.39 is 5.97 Å². The van der Waals surface area contributed by atoms with Crippen LogP contribution in [0.25, 0.3) is 0 Å². The minimum Gasteiger partial charge on any atom is -0.481 e. The fourth-order valence-corrected chi connectivity index (χ4v) is 3.00. The van der Waals surface area contributed by atoms with Gasteiger partial charge in [0, 0.05) is 31.5 Å². The molecule has 5 nitrogen and oxygen atoms in total. The summed E-state index contributed by atoms with van der Waals surface area (Å²) in [5.74, 6) is -1.33. The van der Waals surface area contributed by atoms with Gasteiger partial charge in [-0.3, -0.25) is 14.4 Å². The van der Waals surface area contributed by atoms with Crippen molar-refractivity contribution in [3.63, 3.8) is 0 Å². The maximum absolute atomic E-state index is 12.2. The smallest absolute Gasteiger partial charge is 0.306 e. The van der Waals surface area contributed by atoms with E-state index in [9.17, 15) is 14.4 Å². The van der Waals surface area contributed by atoms with Crippen LogP contribution in [0.1, 0.15) is 42.1 Å². The predicted molar refractivity (Wildman–Crippen MR) is 86.2 cm³/mol. The second-order valence-corrected chi connectivity index (χ2v) is 6.34. The zero-order chi connectivity index (χ0) is 17.0. The third-order valence-electron chi connectivity index (χ3n) is 4.51. The van der Waals surface area contributed by atoms with E-state index in [-0.39, 0.29) is 36.4 Å². The van der Waals surface area contributed by atoms with Crippen LogP contribution in [0.2, 0.25) is 0 Å². The van der Waals surface area contributed by atoms with Crippen LogP contribution in [0.4, 0.5) is 0 Å². The fraction of sp³-hybridized carbons (Fsp3) is 0.500. The summed E-state index contributed by atoms with van der Waals surface area (Å²) in [5, 5.41) is 9.11. The number of carbonyl (C=O) groups excluding carboxylic acids is 2. The number of rotatable bonds is 5. The molecule has 124 valence electrons. The Morgan fingerprint density at radius 3 is 2.39 bits per heavy atom. The molecule has 0 radical (unpaired) electrons. The fourth-order valence-electron chi connectivity index (χ4n) is 3.00. The lowest BCUT2D eigenvalue weighted by Crippen LogP contribution is -2.45. The molecule has 0 aromatic heterocycles. The van der Waals surface area contributed by atoms with E-state index >= 15 is 0 Å². The van der Waals surface area contributed by atoms with Crippen LogP contribution in [0, 0.1) is 18.8 Å². The van der Waals surface area contributed by atoms with Gasteiger partial charge < -0.3 is 10.0 Å². The van der Waals surface area contributed by atoms with Gasteiger partial charge >= 0.3 is 5.97 Å². The van der Waals surface area contributed by atoms with E-state index in [1.165, 1.54) is 0 Å². The molecule has 0 aliphatic carbocycles. The Morgan fingerprint density at radius 2 is 1.83 bits per heavy atom. The first kappa shape index (κ1) is 17.2. The highest BCUT2D eigenvalue weighted by molar-refractivity contribution is 5.98. The second kappa shape index (κ2) is 7.40. The number of ketones is 1. The number of hydrogen-bond donors (Lipinski definition) is 1. The molecule has 23 heavy (non-hydrogen) atoms. The number of carboxylic acids is 1. The Bertz CT molecular complexity index is 594. The van der Waals surface area contributed by atoms with E-state index in [4.69, 9.17) is 5.11 Å². The summed E-state index contributed by atoms with van der Waals surface area (Å²) in [6.07, 6.45) is 0.848. The molecule has 1 fully saturated rings. The highest BCUT2D eigenvalue weighted by Gasteiger charge is 2.32. The molecule has 0 bridgehead atoms. The van der Waals surface area contributed by atoms with Crippen molar-refractivity contribution in [1.82, 2.24) is 4.90 Å². The third kappa shape index (κ3) is 4.41. The second-order valence-electron chi connectivity index (χ2n) is 6.34. The summed E-state index contributed by atoms with van der Waals surface area (Å²) in [6.45, 7) is 4.72. The minimum atomic E-state index is -0.792. The molecule has 2 rings (SSSR count). The molecule has 1 aliphatic rings. The van der Waals surface area contributed by atoms with Crippen LogP contribution < -0.4 is 0 Å². The Morgan fingerprint density at radius 1 is 1.17 bits per heavy atom. The van der Waals surface area contributed by atoms with Crippen LogP contribution in [-0.4, -0.2) is 40.8 Å². The van der Waals surface area contributed by atoms with Gasteiger partial charge in [-0.25, -0.2) is 0 Å². The lowest BCUT2D eigenvalue weighted by Gasteiger charge is -2.35. The van der Waals surface area contributed by atoms with Gasteiger partial charge in [-0.05, 0) is 19.3 Å². The van der Waals surface area contributed by atoms with E-state index in [1.807, 2.05) is 26.0 Å². The van der Waals surface area contributed by atoms with Crippen molar-refractivity contribution in [3.8, 4) is 0 Å². The molecule has 5 heteroatoms. The summed E-state index contributed by atoms with van der Waals surface area (Å²) in [4.78, 5) is 37.1. The van der Waals surface area contributed by atoms with E-state index in [1.54, 1.807) is 17.0 Å². The molecule has 1 heterocycles. The SMILES string of the molecule is Cc1ccc(C(=O)CCC(=O)N2CCC(C(=O)O)C(C)C2)cc1. The summed E-state index contributed by atoms with van der Waals surface area (Å²) in [6, 6.07) is 7.33. The van der Waals surface area contributed by atoms with Crippen molar-refractivity contribution in [2.75, 3.05) is 13.1 Å². The molecular weight excluding hydrogens is 294 g/mol. The van der Waals surface area contributed by atoms with Gasteiger partial charge in [0.05, 0.1) is 5.92 Å². The number of Topliss-reactive ketones (excluding diaryl/α,β-unsaturated/α-hetero) is 1. The van der Waals surface area contributed by atoms with Gasteiger partial charge in [-0.1, -0.05) is 36.8 Å². The molecule has 1 saturated heterocycles. The van der Waals surface area contributed by atoms with Gasteiger partial charge in [-0.2, -0.15) is 0 Å². The average molecular weight is 317 g/mol. The first-order valence-electron chi connectivity index (χ1n) is 7.99. The topological polar surface area (TPSA) is 74.7 Å². The van der Waals surface area contributed by atoms with Crippen LogP contribution in [0.3, 0.4) is 0 Å². The molecule has 1 N–H and O–H groups in total. The van der Waals surface area contributed by atoms with Crippen molar-refractivity contribution in [3.05, 3.63) is 35.4 Å². The Hall–Kier alpha value is -2.17. The van der Waals surface area contributed by atoms with E-state index in [2.05, 4.69) is 0 Å². The number of likely N-dealkylation sites (tertiary alicyclic amines) is 1. The lowest BCUT2D eigenvalue weighted by molar-refractivity contribution is -0.148. The summed E-state index contributed by atoms with van der Waals surface area (Å²) in [5.41, 5.74) is 1.72. The highest BCUT2D eigenvalue weighted by atomic mass is 16.4. The zero-order valence-electron chi connectivity index (χ0n) is 13.6. The molecule has 1 aromatic rings.